The summed E-state index contributed by atoms with van der Waals surface area (Å²) in [7, 11) is 1.45. The number of rotatable bonds is 4. The molecular formula is C15H15NO4. The lowest BCUT2D eigenvalue weighted by molar-refractivity contribution is 0.0933. The summed E-state index contributed by atoms with van der Waals surface area (Å²) in [5.41, 5.74) is 0.115. The first-order chi connectivity index (χ1) is 9.51. The minimum absolute atomic E-state index is 0.00943. The van der Waals surface area contributed by atoms with Gasteiger partial charge in [0, 0.05) is 16.8 Å². The zero-order valence-electron chi connectivity index (χ0n) is 11.3. The topological polar surface area (TPSA) is 87.4 Å². The molecular weight excluding hydrogens is 258 g/mol. The number of hydrogen-bond donors (Lipinski definition) is 2. The second kappa shape index (κ2) is 5.28. The summed E-state index contributed by atoms with van der Waals surface area (Å²) >= 11 is 0. The average molecular weight is 273 g/mol. The van der Waals surface area contributed by atoms with E-state index in [1.54, 1.807) is 6.07 Å². The number of ether oxygens (including phenoxy) is 1. The smallest absolute Gasteiger partial charge is 0.229 e. The highest BCUT2D eigenvalue weighted by molar-refractivity contribution is 6.36. The van der Waals surface area contributed by atoms with Crippen LogP contribution in [0.15, 0.2) is 29.5 Å². The molecule has 1 aliphatic carbocycles. The summed E-state index contributed by atoms with van der Waals surface area (Å²) in [5, 5.41) is 17.8. The van der Waals surface area contributed by atoms with Crippen molar-refractivity contribution >= 4 is 17.3 Å². The minimum Gasteiger partial charge on any atom is -0.504 e. The van der Waals surface area contributed by atoms with Gasteiger partial charge in [-0.25, -0.2) is 0 Å². The molecule has 5 heteroatoms. The van der Waals surface area contributed by atoms with Crippen molar-refractivity contribution < 1.29 is 19.4 Å². The van der Waals surface area contributed by atoms with E-state index in [9.17, 15) is 14.7 Å². The molecule has 0 heterocycles. The highest BCUT2D eigenvalue weighted by Crippen LogP contribution is 2.29. The van der Waals surface area contributed by atoms with Crippen molar-refractivity contribution in [1.29, 1.82) is 5.41 Å². The highest BCUT2D eigenvalue weighted by atomic mass is 16.5. The van der Waals surface area contributed by atoms with Crippen LogP contribution in [0, 0.1) is 5.41 Å². The Morgan fingerprint density at radius 3 is 2.55 bits per heavy atom. The maximum atomic E-state index is 12.3. The van der Waals surface area contributed by atoms with Gasteiger partial charge in [0.25, 0.3) is 0 Å². The molecule has 0 spiro atoms. The van der Waals surface area contributed by atoms with Crippen LogP contribution in [0.3, 0.4) is 0 Å². The number of benzene rings is 1. The highest BCUT2D eigenvalue weighted by Gasteiger charge is 2.34. The van der Waals surface area contributed by atoms with Crippen molar-refractivity contribution in [3.05, 3.63) is 40.7 Å². The van der Waals surface area contributed by atoms with E-state index in [0.29, 0.717) is 18.6 Å². The van der Waals surface area contributed by atoms with Crippen molar-refractivity contribution in [3.63, 3.8) is 0 Å². The number of fused-ring (bicyclic) bond motifs is 1. The van der Waals surface area contributed by atoms with E-state index in [0.717, 1.165) is 0 Å². The van der Waals surface area contributed by atoms with Gasteiger partial charge in [0.2, 0.25) is 5.78 Å². The lowest BCUT2D eigenvalue weighted by atomic mass is 9.85. The standard InChI is InChI=1S/C15H15NO4/c1-3-4-11(16)12-13(17)9-6-5-8(20-2)7-10(9)14(18)15(12)19/h5-7,16,19H,3-4H2,1-2H3. The Morgan fingerprint density at radius 1 is 1.25 bits per heavy atom. The predicted octanol–water partition coefficient (Wildman–Crippen LogP) is 2.71. The molecule has 0 amide bonds. The molecule has 0 unspecified atom stereocenters. The van der Waals surface area contributed by atoms with Crippen LogP contribution >= 0.6 is 0 Å². The number of Topliss-reactive ketones (excluding diaryl/α,β-unsaturated/α-hetero) is 2. The summed E-state index contributed by atoms with van der Waals surface area (Å²) in [6, 6.07) is 4.49. The summed E-state index contributed by atoms with van der Waals surface area (Å²) in [5.74, 6) is -1.34. The molecule has 0 saturated heterocycles. The molecule has 104 valence electrons. The Labute approximate surface area is 116 Å². The van der Waals surface area contributed by atoms with Gasteiger partial charge in [0.05, 0.1) is 12.7 Å². The summed E-state index contributed by atoms with van der Waals surface area (Å²) in [6.45, 7) is 1.86. The van der Waals surface area contributed by atoms with Gasteiger partial charge >= 0.3 is 0 Å². The molecule has 0 bridgehead atoms. The molecule has 20 heavy (non-hydrogen) atoms. The maximum Gasteiger partial charge on any atom is 0.229 e. The van der Waals surface area contributed by atoms with E-state index in [4.69, 9.17) is 10.1 Å². The number of carbonyl (C=O) groups is 2. The number of hydrogen-bond acceptors (Lipinski definition) is 5. The van der Waals surface area contributed by atoms with Gasteiger partial charge in [-0.15, -0.1) is 0 Å². The fourth-order valence-corrected chi connectivity index (χ4v) is 2.17. The third-order valence-electron chi connectivity index (χ3n) is 3.20. The predicted molar refractivity (Wildman–Crippen MR) is 73.9 cm³/mol. The van der Waals surface area contributed by atoms with Crippen LogP contribution in [0.1, 0.15) is 40.5 Å². The summed E-state index contributed by atoms with van der Waals surface area (Å²) in [6.07, 6.45) is 0.996. The number of aliphatic hydroxyl groups is 1. The number of aliphatic hydroxyl groups excluding tert-OH is 1. The molecule has 2 N–H and O–H groups in total. The molecule has 0 aromatic heterocycles. The van der Waals surface area contributed by atoms with E-state index in [-0.39, 0.29) is 22.4 Å². The molecule has 1 aliphatic rings. The minimum atomic E-state index is -0.644. The van der Waals surface area contributed by atoms with Crippen LogP contribution in [0.25, 0.3) is 0 Å². The molecule has 1 aromatic carbocycles. The van der Waals surface area contributed by atoms with Crippen molar-refractivity contribution in [2.24, 2.45) is 0 Å². The van der Waals surface area contributed by atoms with Crippen LogP contribution in [-0.4, -0.2) is 29.5 Å². The van der Waals surface area contributed by atoms with Crippen molar-refractivity contribution in [1.82, 2.24) is 0 Å². The van der Waals surface area contributed by atoms with Crippen LogP contribution in [-0.2, 0) is 0 Å². The molecule has 0 atom stereocenters. The van der Waals surface area contributed by atoms with E-state index >= 15 is 0 Å². The van der Waals surface area contributed by atoms with E-state index in [2.05, 4.69) is 0 Å². The summed E-state index contributed by atoms with van der Waals surface area (Å²) < 4.78 is 5.01. The normalized spacial score (nSPS) is 14.3. The maximum absolute atomic E-state index is 12.3. The third-order valence-corrected chi connectivity index (χ3v) is 3.20. The van der Waals surface area contributed by atoms with Crippen molar-refractivity contribution in [2.75, 3.05) is 7.11 Å². The number of nitrogens with one attached hydrogen (secondary N) is 1. The van der Waals surface area contributed by atoms with E-state index in [1.165, 1.54) is 19.2 Å². The zero-order valence-corrected chi connectivity index (χ0v) is 11.3. The Kier molecular flexibility index (Phi) is 3.70. The third kappa shape index (κ3) is 2.11. The van der Waals surface area contributed by atoms with Gasteiger partial charge in [0.15, 0.2) is 11.5 Å². The summed E-state index contributed by atoms with van der Waals surface area (Å²) in [4.78, 5) is 24.5. The quantitative estimate of drug-likeness (QED) is 0.825. The van der Waals surface area contributed by atoms with Gasteiger partial charge in [0.1, 0.15) is 5.75 Å². The second-order valence-electron chi connectivity index (χ2n) is 4.52. The molecule has 5 nitrogen and oxygen atoms in total. The van der Waals surface area contributed by atoms with Crippen LogP contribution in [0.4, 0.5) is 0 Å². The lowest BCUT2D eigenvalue weighted by Crippen LogP contribution is -2.26. The van der Waals surface area contributed by atoms with Gasteiger partial charge in [-0.1, -0.05) is 13.3 Å². The molecule has 2 rings (SSSR count). The van der Waals surface area contributed by atoms with Crippen LogP contribution in [0.2, 0.25) is 0 Å². The fourth-order valence-electron chi connectivity index (χ4n) is 2.17. The molecule has 0 radical (unpaired) electrons. The van der Waals surface area contributed by atoms with Gasteiger partial charge in [-0.05, 0) is 24.6 Å². The largest absolute Gasteiger partial charge is 0.504 e. The first-order valence-corrected chi connectivity index (χ1v) is 6.29. The van der Waals surface area contributed by atoms with Crippen molar-refractivity contribution in [3.8, 4) is 5.75 Å². The first kappa shape index (κ1) is 14.0. The SMILES string of the molecule is CCCC(=N)C1=C(O)C(=O)c2cc(OC)ccc2C1=O. The van der Waals surface area contributed by atoms with E-state index in [1.807, 2.05) is 6.92 Å². The number of methoxy groups -OCH3 is 1. The van der Waals surface area contributed by atoms with Crippen molar-refractivity contribution in [2.45, 2.75) is 19.8 Å². The average Bonchev–Trinajstić information content (AvgIpc) is 2.44. The van der Waals surface area contributed by atoms with Crippen LogP contribution in [0.5, 0.6) is 5.75 Å². The molecule has 0 aliphatic heterocycles. The number of ketones is 2. The lowest BCUT2D eigenvalue weighted by Gasteiger charge is -2.18. The van der Waals surface area contributed by atoms with E-state index < -0.39 is 17.3 Å². The first-order valence-electron chi connectivity index (χ1n) is 6.29. The van der Waals surface area contributed by atoms with Gasteiger partial charge in [-0.3, -0.25) is 9.59 Å². The van der Waals surface area contributed by atoms with Gasteiger partial charge in [-0.2, -0.15) is 0 Å². The molecule has 0 fully saturated rings. The monoisotopic (exact) mass is 273 g/mol. The molecule has 1 aromatic rings. The Morgan fingerprint density at radius 2 is 1.95 bits per heavy atom. The Balaban J connectivity index is 2.56. The second-order valence-corrected chi connectivity index (χ2v) is 4.52. The Hall–Kier alpha value is -2.43. The zero-order chi connectivity index (χ0) is 14.9. The number of allylic oxidation sites excluding steroid dienone is 2. The van der Waals surface area contributed by atoms with Gasteiger partial charge < -0.3 is 15.3 Å². The molecule has 0 saturated carbocycles. The Bertz CT molecular complexity index is 643. The number of carbonyl (C=O) groups excluding carboxylic acids is 2. The van der Waals surface area contributed by atoms with Crippen LogP contribution < -0.4 is 4.74 Å². The fraction of sp³-hybridized carbons (Fsp3) is 0.267.